The number of aliphatic hydroxyl groups is 1. The standard InChI is InChI=1S/C16H25F2N3O2/c1-10(2)8-21-9-12(15(17)18)14(20-21)16(23)19-7-13(22)11-5-3-4-6-11/h9-11,13,15,22H,3-8H2,1-2H3,(H,19,23). The molecule has 1 aliphatic rings. The number of aromatic nitrogens is 2. The van der Waals surface area contributed by atoms with E-state index in [1.807, 2.05) is 13.8 Å². The SMILES string of the molecule is CC(C)Cn1cc(C(F)F)c(C(=O)NCC(O)C2CCCC2)n1. The third-order valence-corrected chi connectivity index (χ3v) is 4.21. The van der Waals surface area contributed by atoms with Crippen molar-refractivity contribution >= 4 is 5.91 Å². The highest BCUT2D eigenvalue weighted by Gasteiger charge is 2.26. The molecule has 1 saturated carbocycles. The van der Waals surface area contributed by atoms with Crippen molar-refractivity contribution in [2.75, 3.05) is 6.54 Å². The molecule has 0 aliphatic heterocycles. The van der Waals surface area contributed by atoms with E-state index in [2.05, 4.69) is 10.4 Å². The van der Waals surface area contributed by atoms with Crippen molar-refractivity contribution in [2.45, 2.75) is 58.6 Å². The van der Waals surface area contributed by atoms with E-state index in [1.165, 1.54) is 10.9 Å². The van der Waals surface area contributed by atoms with Gasteiger partial charge in [-0.2, -0.15) is 5.10 Å². The number of hydrogen-bond donors (Lipinski definition) is 2. The summed E-state index contributed by atoms with van der Waals surface area (Å²) in [5.41, 5.74) is -0.613. The molecule has 0 radical (unpaired) electrons. The van der Waals surface area contributed by atoms with Gasteiger partial charge < -0.3 is 10.4 Å². The fraction of sp³-hybridized carbons (Fsp3) is 0.750. The van der Waals surface area contributed by atoms with Gasteiger partial charge in [0.1, 0.15) is 0 Å². The maximum atomic E-state index is 13.1. The first-order valence-corrected chi connectivity index (χ1v) is 8.20. The van der Waals surface area contributed by atoms with Crippen LogP contribution in [0.3, 0.4) is 0 Å². The third kappa shape index (κ3) is 4.73. The summed E-state index contributed by atoms with van der Waals surface area (Å²) in [6, 6.07) is 0. The first-order valence-electron chi connectivity index (χ1n) is 8.20. The molecule has 1 amide bonds. The topological polar surface area (TPSA) is 67.2 Å². The summed E-state index contributed by atoms with van der Waals surface area (Å²) >= 11 is 0. The Balaban J connectivity index is 2.00. The molecule has 1 unspecified atom stereocenters. The molecule has 0 bridgehead atoms. The van der Waals surface area contributed by atoms with Gasteiger partial charge in [0.2, 0.25) is 0 Å². The zero-order valence-electron chi connectivity index (χ0n) is 13.6. The first kappa shape index (κ1) is 17.8. The van der Waals surface area contributed by atoms with E-state index < -0.39 is 18.4 Å². The average Bonchev–Trinajstić information content (AvgIpc) is 3.12. The molecule has 1 aromatic heterocycles. The Labute approximate surface area is 135 Å². The largest absolute Gasteiger partial charge is 0.391 e. The van der Waals surface area contributed by atoms with E-state index in [0.29, 0.717) is 6.54 Å². The zero-order chi connectivity index (χ0) is 17.0. The first-order chi connectivity index (χ1) is 10.9. The summed E-state index contributed by atoms with van der Waals surface area (Å²) in [5.74, 6) is -0.233. The molecule has 0 spiro atoms. The van der Waals surface area contributed by atoms with Crippen LogP contribution in [0.5, 0.6) is 0 Å². The van der Waals surface area contributed by atoms with Gasteiger partial charge in [-0.25, -0.2) is 8.78 Å². The predicted octanol–water partition coefficient (Wildman–Crippen LogP) is 2.76. The van der Waals surface area contributed by atoms with Crippen LogP contribution in [-0.2, 0) is 6.54 Å². The van der Waals surface area contributed by atoms with Crippen LogP contribution in [0, 0.1) is 11.8 Å². The minimum Gasteiger partial charge on any atom is -0.391 e. The smallest absolute Gasteiger partial charge is 0.272 e. The van der Waals surface area contributed by atoms with Crippen LogP contribution in [0.1, 0.15) is 62.0 Å². The van der Waals surface area contributed by atoms with Crippen molar-refractivity contribution in [1.82, 2.24) is 15.1 Å². The van der Waals surface area contributed by atoms with Gasteiger partial charge in [-0.15, -0.1) is 0 Å². The number of carbonyl (C=O) groups excluding carboxylic acids is 1. The van der Waals surface area contributed by atoms with Crippen LogP contribution >= 0.6 is 0 Å². The maximum Gasteiger partial charge on any atom is 0.272 e. The Morgan fingerprint density at radius 2 is 2.09 bits per heavy atom. The van der Waals surface area contributed by atoms with Crippen LogP contribution in [-0.4, -0.2) is 33.4 Å². The van der Waals surface area contributed by atoms with Gasteiger partial charge in [-0.05, 0) is 24.7 Å². The van der Waals surface area contributed by atoms with Gasteiger partial charge in [-0.1, -0.05) is 26.7 Å². The van der Waals surface area contributed by atoms with Crippen LogP contribution in [0.25, 0.3) is 0 Å². The minimum atomic E-state index is -2.75. The van der Waals surface area contributed by atoms with Gasteiger partial charge in [0.05, 0.1) is 11.7 Å². The number of aliphatic hydroxyl groups excluding tert-OH is 1. The Bertz CT molecular complexity index is 525. The van der Waals surface area contributed by atoms with Gasteiger partial charge in [0.15, 0.2) is 5.69 Å². The van der Waals surface area contributed by atoms with E-state index in [4.69, 9.17) is 0 Å². The lowest BCUT2D eigenvalue weighted by atomic mass is 10.0. The van der Waals surface area contributed by atoms with Crippen LogP contribution in [0.15, 0.2) is 6.20 Å². The van der Waals surface area contributed by atoms with Gasteiger partial charge in [-0.3, -0.25) is 9.48 Å². The molecule has 1 atom stereocenters. The zero-order valence-corrected chi connectivity index (χ0v) is 13.6. The number of carbonyl (C=O) groups is 1. The Kier molecular flexibility index (Phi) is 6.10. The van der Waals surface area contributed by atoms with Crippen molar-refractivity contribution in [2.24, 2.45) is 11.8 Å². The highest BCUT2D eigenvalue weighted by Crippen LogP contribution is 2.27. The van der Waals surface area contributed by atoms with Crippen molar-refractivity contribution in [3.63, 3.8) is 0 Å². The van der Waals surface area contributed by atoms with Crippen molar-refractivity contribution in [3.8, 4) is 0 Å². The van der Waals surface area contributed by atoms with E-state index in [0.717, 1.165) is 25.7 Å². The van der Waals surface area contributed by atoms with Crippen molar-refractivity contribution < 1.29 is 18.7 Å². The lowest BCUT2D eigenvalue weighted by Crippen LogP contribution is -2.36. The number of nitrogens with one attached hydrogen (secondary N) is 1. The summed E-state index contributed by atoms with van der Waals surface area (Å²) in [6.07, 6.45) is 1.92. The molecule has 0 aromatic carbocycles. The fourth-order valence-electron chi connectivity index (χ4n) is 3.03. The summed E-state index contributed by atoms with van der Waals surface area (Å²) in [5, 5.41) is 16.6. The van der Waals surface area contributed by atoms with Crippen LogP contribution in [0.2, 0.25) is 0 Å². The number of nitrogens with zero attached hydrogens (tertiary/aromatic N) is 2. The highest BCUT2D eigenvalue weighted by atomic mass is 19.3. The maximum absolute atomic E-state index is 13.1. The van der Waals surface area contributed by atoms with Gasteiger partial charge in [0, 0.05) is 19.3 Å². The number of amides is 1. The van der Waals surface area contributed by atoms with Crippen LogP contribution in [0.4, 0.5) is 8.78 Å². The Morgan fingerprint density at radius 1 is 1.43 bits per heavy atom. The third-order valence-electron chi connectivity index (χ3n) is 4.21. The number of halogens is 2. The van der Waals surface area contributed by atoms with E-state index in [-0.39, 0.29) is 29.6 Å². The molecule has 2 rings (SSSR count). The molecule has 1 aromatic rings. The molecule has 2 N–H and O–H groups in total. The molecule has 0 saturated heterocycles. The van der Waals surface area contributed by atoms with Gasteiger partial charge >= 0.3 is 0 Å². The molecule has 1 fully saturated rings. The second-order valence-electron chi connectivity index (χ2n) is 6.67. The fourth-order valence-corrected chi connectivity index (χ4v) is 3.03. The average molecular weight is 329 g/mol. The molecular weight excluding hydrogens is 304 g/mol. The summed E-state index contributed by atoms with van der Waals surface area (Å²) in [4.78, 5) is 12.2. The Morgan fingerprint density at radius 3 is 2.65 bits per heavy atom. The molecule has 7 heteroatoms. The number of rotatable bonds is 7. The summed E-state index contributed by atoms with van der Waals surface area (Å²) < 4.78 is 27.6. The van der Waals surface area contributed by atoms with E-state index >= 15 is 0 Å². The molecular formula is C16H25F2N3O2. The second-order valence-corrected chi connectivity index (χ2v) is 6.67. The van der Waals surface area contributed by atoms with E-state index in [1.54, 1.807) is 0 Å². The second kappa shape index (κ2) is 7.86. The molecule has 5 nitrogen and oxygen atoms in total. The molecule has 1 heterocycles. The normalized spacial score (nSPS) is 17.2. The monoisotopic (exact) mass is 329 g/mol. The lowest BCUT2D eigenvalue weighted by molar-refractivity contribution is 0.0827. The predicted molar refractivity (Wildman–Crippen MR) is 82.3 cm³/mol. The van der Waals surface area contributed by atoms with Gasteiger partial charge in [0.25, 0.3) is 12.3 Å². The summed E-state index contributed by atoms with van der Waals surface area (Å²) in [6.45, 7) is 4.43. The van der Waals surface area contributed by atoms with Crippen molar-refractivity contribution in [1.29, 1.82) is 0 Å². The summed E-state index contributed by atoms with van der Waals surface area (Å²) in [7, 11) is 0. The van der Waals surface area contributed by atoms with Crippen LogP contribution < -0.4 is 5.32 Å². The highest BCUT2D eigenvalue weighted by molar-refractivity contribution is 5.93. The van der Waals surface area contributed by atoms with Crippen molar-refractivity contribution in [3.05, 3.63) is 17.5 Å². The quantitative estimate of drug-likeness (QED) is 0.808. The lowest BCUT2D eigenvalue weighted by Gasteiger charge is -2.17. The minimum absolute atomic E-state index is 0.0726. The molecule has 130 valence electrons. The Hall–Kier alpha value is -1.50. The number of hydrogen-bond acceptors (Lipinski definition) is 3. The van der Waals surface area contributed by atoms with E-state index in [9.17, 15) is 18.7 Å². The molecule has 23 heavy (non-hydrogen) atoms. The number of alkyl halides is 2. The molecule has 1 aliphatic carbocycles.